The monoisotopic (exact) mass is 316 g/mol. The van der Waals surface area contributed by atoms with Gasteiger partial charge in [-0.05, 0) is 43.9 Å². The minimum absolute atomic E-state index is 0.00104. The third kappa shape index (κ3) is 2.90. The van der Waals surface area contributed by atoms with Gasteiger partial charge in [0.05, 0.1) is 22.7 Å². The molecule has 1 saturated carbocycles. The molecule has 0 radical (unpaired) electrons. The normalized spacial score (nSPS) is 18.1. The first kappa shape index (κ1) is 16.2. The van der Waals surface area contributed by atoms with Gasteiger partial charge in [0.2, 0.25) is 10.0 Å². The molecular weight excluding hydrogens is 295 g/mol. The van der Waals surface area contributed by atoms with E-state index in [1.165, 1.54) is 13.8 Å². The number of halogens is 1. The molecule has 0 unspecified atom stereocenters. The first-order valence-electron chi connectivity index (χ1n) is 6.92. The van der Waals surface area contributed by atoms with E-state index in [2.05, 4.69) is 4.72 Å². The smallest absolute Gasteiger partial charge is 0.241 e. The lowest BCUT2D eigenvalue weighted by Crippen LogP contribution is -2.49. The highest BCUT2D eigenvalue weighted by molar-refractivity contribution is 7.89. The zero-order chi connectivity index (χ0) is 15.8. The molecule has 118 valence electrons. The van der Waals surface area contributed by atoms with Crippen LogP contribution in [0.5, 0.6) is 0 Å². The summed E-state index contributed by atoms with van der Waals surface area (Å²) in [5.74, 6) is -0.623. The molecule has 1 aromatic rings. The summed E-state index contributed by atoms with van der Waals surface area (Å²) in [6, 6.07) is 1.12. The molecule has 1 aromatic carbocycles. The fourth-order valence-corrected chi connectivity index (χ4v) is 4.96. The van der Waals surface area contributed by atoms with E-state index in [9.17, 15) is 17.9 Å². The van der Waals surface area contributed by atoms with Crippen molar-refractivity contribution in [1.82, 2.24) is 4.72 Å². The number of sulfonamides is 1. The van der Waals surface area contributed by atoms with Crippen LogP contribution in [0.15, 0.2) is 11.0 Å². The predicted molar refractivity (Wildman–Crippen MR) is 78.9 cm³/mol. The lowest BCUT2D eigenvalue weighted by Gasteiger charge is -2.28. The quantitative estimate of drug-likeness (QED) is 0.736. The van der Waals surface area contributed by atoms with Crippen LogP contribution in [0.3, 0.4) is 0 Å². The van der Waals surface area contributed by atoms with Crippen molar-refractivity contribution in [3.63, 3.8) is 0 Å². The molecule has 0 spiro atoms. The SMILES string of the molecule is Cc1cc(F)c(N)c(C)c1S(=O)(=O)NC1(CO)CCCC1. The average molecular weight is 316 g/mol. The van der Waals surface area contributed by atoms with Crippen molar-refractivity contribution < 1.29 is 17.9 Å². The summed E-state index contributed by atoms with van der Waals surface area (Å²) >= 11 is 0. The predicted octanol–water partition coefficient (Wildman–Crippen LogP) is 1.61. The van der Waals surface area contributed by atoms with Crippen LogP contribution in [-0.4, -0.2) is 25.7 Å². The minimum Gasteiger partial charge on any atom is -0.396 e. The summed E-state index contributed by atoms with van der Waals surface area (Å²) in [6.07, 6.45) is 2.92. The number of benzene rings is 1. The Balaban J connectivity index is 2.48. The Bertz CT molecular complexity index is 653. The number of aliphatic hydroxyl groups is 1. The van der Waals surface area contributed by atoms with E-state index >= 15 is 0 Å². The number of aryl methyl sites for hydroxylation is 1. The molecular formula is C14H21FN2O3S. The van der Waals surface area contributed by atoms with Crippen molar-refractivity contribution in [1.29, 1.82) is 0 Å². The zero-order valence-corrected chi connectivity index (χ0v) is 13.1. The first-order chi connectivity index (χ1) is 9.72. The molecule has 1 aliphatic carbocycles. The number of aliphatic hydroxyl groups excluding tert-OH is 1. The van der Waals surface area contributed by atoms with E-state index in [1.807, 2.05) is 0 Å². The van der Waals surface area contributed by atoms with Crippen LogP contribution in [0.1, 0.15) is 36.8 Å². The van der Waals surface area contributed by atoms with Crippen molar-refractivity contribution in [3.05, 3.63) is 23.0 Å². The second-order valence-electron chi connectivity index (χ2n) is 5.79. The number of hydrogen-bond acceptors (Lipinski definition) is 4. The third-order valence-corrected chi connectivity index (χ3v) is 6.05. The van der Waals surface area contributed by atoms with Gasteiger partial charge in [0.15, 0.2) is 0 Å². The highest BCUT2D eigenvalue weighted by atomic mass is 32.2. The Labute approximate surface area is 124 Å². The van der Waals surface area contributed by atoms with Crippen molar-refractivity contribution in [3.8, 4) is 0 Å². The highest BCUT2D eigenvalue weighted by Gasteiger charge is 2.38. The molecule has 0 atom stereocenters. The van der Waals surface area contributed by atoms with Crippen LogP contribution in [0.4, 0.5) is 10.1 Å². The Morgan fingerprint density at radius 3 is 2.48 bits per heavy atom. The van der Waals surface area contributed by atoms with Crippen LogP contribution in [0.2, 0.25) is 0 Å². The summed E-state index contributed by atoms with van der Waals surface area (Å²) in [7, 11) is -3.87. The Morgan fingerprint density at radius 1 is 1.38 bits per heavy atom. The molecule has 1 fully saturated rings. The van der Waals surface area contributed by atoms with Gasteiger partial charge in [-0.2, -0.15) is 0 Å². The second-order valence-corrected chi connectivity index (χ2v) is 7.41. The summed E-state index contributed by atoms with van der Waals surface area (Å²) < 4.78 is 41.5. The lowest BCUT2D eigenvalue weighted by atomic mass is 10.0. The molecule has 0 heterocycles. The van der Waals surface area contributed by atoms with Crippen molar-refractivity contribution in [2.45, 2.75) is 50.0 Å². The van der Waals surface area contributed by atoms with Gasteiger partial charge < -0.3 is 10.8 Å². The maximum atomic E-state index is 13.6. The Morgan fingerprint density at radius 2 is 1.95 bits per heavy atom. The number of rotatable bonds is 4. The number of nitrogen functional groups attached to an aromatic ring is 1. The molecule has 1 aliphatic rings. The van der Waals surface area contributed by atoms with E-state index in [4.69, 9.17) is 5.73 Å². The van der Waals surface area contributed by atoms with Gasteiger partial charge in [-0.15, -0.1) is 0 Å². The van der Waals surface area contributed by atoms with Gasteiger partial charge in [0, 0.05) is 0 Å². The number of anilines is 1. The fraction of sp³-hybridized carbons (Fsp3) is 0.571. The molecule has 7 heteroatoms. The van der Waals surface area contributed by atoms with Crippen LogP contribution >= 0.6 is 0 Å². The first-order valence-corrected chi connectivity index (χ1v) is 8.41. The average Bonchev–Trinajstić information content (AvgIpc) is 2.84. The molecule has 0 amide bonds. The van der Waals surface area contributed by atoms with Crippen molar-refractivity contribution in [2.24, 2.45) is 0 Å². The molecule has 5 nitrogen and oxygen atoms in total. The van der Waals surface area contributed by atoms with Crippen molar-refractivity contribution >= 4 is 15.7 Å². The maximum Gasteiger partial charge on any atom is 0.241 e. The summed E-state index contributed by atoms with van der Waals surface area (Å²) in [5.41, 5.74) is 5.13. The largest absolute Gasteiger partial charge is 0.396 e. The summed E-state index contributed by atoms with van der Waals surface area (Å²) in [6.45, 7) is 2.77. The number of nitrogens with one attached hydrogen (secondary N) is 1. The van der Waals surface area contributed by atoms with Crippen LogP contribution < -0.4 is 10.5 Å². The highest BCUT2D eigenvalue weighted by Crippen LogP contribution is 2.33. The molecule has 0 aromatic heterocycles. The van der Waals surface area contributed by atoms with Gasteiger partial charge in [-0.25, -0.2) is 17.5 Å². The molecule has 4 N–H and O–H groups in total. The lowest BCUT2D eigenvalue weighted by molar-refractivity contribution is 0.185. The topological polar surface area (TPSA) is 92.4 Å². The molecule has 2 rings (SSSR count). The van der Waals surface area contributed by atoms with Crippen LogP contribution in [0.25, 0.3) is 0 Å². The van der Waals surface area contributed by atoms with Gasteiger partial charge in [0.25, 0.3) is 0 Å². The summed E-state index contributed by atoms with van der Waals surface area (Å²) in [4.78, 5) is 0.00104. The van der Waals surface area contributed by atoms with Crippen molar-refractivity contribution in [2.75, 3.05) is 12.3 Å². The van der Waals surface area contributed by atoms with E-state index in [1.54, 1.807) is 0 Å². The molecule has 0 saturated heterocycles. The van der Waals surface area contributed by atoms with Gasteiger partial charge >= 0.3 is 0 Å². The fourth-order valence-electron chi connectivity index (χ4n) is 3.02. The number of hydrogen-bond donors (Lipinski definition) is 3. The molecule has 21 heavy (non-hydrogen) atoms. The van der Waals surface area contributed by atoms with Gasteiger partial charge in [0.1, 0.15) is 5.82 Å². The van der Waals surface area contributed by atoms with E-state index in [-0.39, 0.29) is 22.8 Å². The standard InChI is InChI=1S/C14H21FN2O3S/c1-9-7-11(15)12(16)10(2)13(9)21(19,20)17-14(8-18)5-3-4-6-14/h7,17-18H,3-6,8,16H2,1-2H3. The van der Waals surface area contributed by atoms with E-state index in [0.29, 0.717) is 18.4 Å². The van der Waals surface area contributed by atoms with Crippen LogP contribution in [0, 0.1) is 19.7 Å². The van der Waals surface area contributed by atoms with E-state index < -0.39 is 21.4 Å². The van der Waals surface area contributed by atoms with Gasteiger partial charge in [-0.1, -0.05) is 12.8 Å². The Hall–Kier alpha value is -1.18. The maximum absolute atomic E-state index is 13.6. The van der Waals surface area contributed by atoms with Gasteiger partial charge in [-0.3, -0.25) is 0 Å². The third-order valence-electron chi connectivity index (χ3n) is 4.19. The second kappa shape index (κ2) is 5.55. The minimum atomic E-state index is -3.87. The summed E-state index contributed by atoms with van der Waals surface area (Å²) in [5, 5.41) is 9.55. The molecule has 0 bridgehead atoms. The van der Waals surface area contributed by atoms with Crippen LogP contribution in [-0.2, 0) is 10.0 Å². The Kier molecular flexibility index (Phi) is 4.28. The van der Waals surface area contributed by atoms with E-state index in [0.717, 1.165) is 18.9 Å². The number of nitrogens with two attached hydrogens (primary N) is 1. The zero-order valence-electron chi connectivity index (χ0n) is 12.2. The molecule has 0 aliphatic heterocycles.